The lowest BCUT2D eigenvalue weighted by molar-refractivity contribution is -0.141. The van der Waals surface area contributed by atoms with E-state index in [4.69, 9.17) is 11.6 Å². The summed E-state index contributed by atoms with van der Waals surface area (Å²) in [5.41, 5.74) is 1.41. The van der Waals surface area contributed by atoms with Gasteiger partial charge in [-0.1, -0.05) is 48.9 Å². The molecule has 2 amide bonds. The van der Waals surface area contributed by atoms with Gasteiger partial charge in [0.15, 0.2) is 0 Å². The second-order valence-electron chi connectivity index (χ2n) is 8.51. The first-order valence-electron chi connectivity index (χ1n) is 11.4. The number of hydrogen-bond donors (Lipinski definition) is 1. The fraction of sp³-hybridized carbons (Fsp3) is 0.440. The topological polar surface area (TPSA) is 86.8 Å². The SMILES string of the molecule is CC[C@@H](C(=O)NC(C)C)N(Cc1ccccc1)C(=O)CCCN(c1ccc(Cl)cc1)S(C)(=O)=O. The Hall–Kier alpha value is -2.58. The molecule has 2 aromatic rings. The molecule has 2 rings (SSSR count). The van der Waals surface area contributed by atoms with E-state index in [1.807, 2.05) is 51.1 Å². The molecule has 0 unspecified atom stereocenters. The Kier molecular flexibility index (Phi) is 10.4. The molecular formula is C25H34ClN3O4S. The van der Waals surface area contributed by atoms with Crippen LogP contribution in [0.1, 0.15) is 45.6 Å². The molecule has 0 aliphatic rings. The quantitative estimate of drug-likeness (QED) is 0.466. The molecule has 0 aromatic heterocycles. The minimum absolute atomic E-state index is 0.0436. The number of hydrogen-bond acceptors (Lipinski definition) is 4. The van der Waals surface area contributed by atoms with Crippen molar-refractivity contribution in [3.05, 3.63) is 65.2 Å². The van der Waals surface area contributed by atoms with Crippen LogP contribution in [-0.4, -0.2) is 50.0 Å². The first kappa shape index (κ1) is 27.7. The largest absolute Gasteiger partial charge is 0.352 e. The summed E-state index contributed by atoms with van der Waals surface area (Å²) >= 11 is 5.93. The highest BCUT2D eigenvalue weighted by Gasteiger charge is 2.29. The van der Waals surface area contributed by atoms with E-state index in [0.717, 1.165) is 11.8 Å². The summed E-state index contributed by atoms with van der Waals surface area (Å²) in [5.74, 6) is -0.389. The first-order valence-corrected chi connectivity index (χ1v) is 13.6. The second kappa shape index (κ2) is 12.8. The van der Waals surface area contributed by atoms with Crippen LogP contribution in [0.15, 0.2) is 54.6 Å². The first-order chi connectivity index (χ1) is 16.0. The van der Waals surface area contributed by atoms with Crippen LogP contribution >= 0.6 is 11.6 Å². The molecule has 7 nitrogen and oxygen atoms in total. The number of anilines is 1. The molecule has 1 atom stereocenters. The van der Waals surface area contributed by atoms with Crippen LogP contribution in [0, 0.1) is 0 Å². The van der Waals surface area contributed by atoms with Crippen LogP contribution in [0.25, 0.3) is 0 Å². The summed E-state index contributed by atoms with van der Waals surface area (Å²) in [4.78, 5) is 27.8. The molecular weight excluding hydrogens is 474 g/mol. The van der Waals surface area contributed by atoms with Gasteiger partial charge in [0.2, 0.25) is 21.8 Å². The summed E-state index contributed by atoms with van der Waals surface area (Å²) in [5, 5.41) is 3.41. The fourth-order valence-electron chi connectivity index (χ4n) is 3.69. The highest BCUT2D eigenvalue weighted by Crippen LogP contribution is 2.21. The average molecular weight is 508 g/mol. The van der Waals surface area contributed by atoms with Crippen LogP contribution < -0.4 is 9.62 Å². The highest BCUT2D eigenvalue weighted by molar-refractivity contribution is 7.92. The lowest BCUT2D eigenvalue weighted by Gasteiger charge is -2.31. The molecule has 1 N–H and O–H groups in total. The van der Waals surface area contributed by atoms with E-state index in [-0.39, 0.29) is 30.8 Å². The van der Waals surface area contributed by atoms with Crippen molar-refractivity contribution in [1.82, 2.24) is 10.2 Å². The summed E-state index contributed by atoms with van der Waals surface area (Å²) in [6.45, 7) is 6.08. The van der Waals surface area contributed by atoms with Gasteiger partial charge in [-0.2, -0.15) is 0 Å². The lowest BCUT2D eigenvalue weighted by Crippen LogP contribution is -2.50. The molecule has 0 saturated heterocycles. The van der Waals surface area contributed by atoms with Crippen molar-refractivity contribution in [2.75, 3.05) is 17.1 Å². The van der Waals surface area contributed by atoms with Crippen LogP contribution in [-0.2, 0) is 26.2 Å². The van der Waals surface area contributed by atoms with Crippen LogP contribution in [0.4, 0.5) is 5.69 Å². The third-order valence-electron chi connectivity index (χ3n) is 5.28. The number of halogens is 1. The van der Waals surface area contributed by atoms with Crippen LogP contribution in [0.2, 0.25) is 5.02 Å². The molecule has 186 valence electrons. The number of rotatable bonds is 12. The minimum atomic E-state index is -3.54. The van der Waals surface area contributed by atoms with E-state index in [0.29, 0.717) is 30.1 Å². The van der Waals surface area contributed by atoms with Gasteiger partial charge in [0.05, 0.1) is 11.9 Å². The molecule has 0 spiro atoms. The smallest absolute Gasteiger partial charge is 0.243 e. The van der Waals surface area contributed by atoms with E-state index in [1.54, 1.807) is 29.2 Å². The Morgan fingerprint density at radius 2 is 1.65 bits per heavy atom. The Bertz CT molecular complexity index is 1040. The number of amides is 2. The molecule has 0 saturated carbocycles. The molecule has 0 aliphatic heterocycles. The van der Waals surface area contributed by atoms with Crippen molar-refractivity contribution >= 4 is 39.1 Å². The van der Waals surface area contributed by atoms with Gasteiger partial charge in [-0.05, 0) is 56.5 Å². The standard InChI is InChI=1S/C25H34ClN3O4S/c1-5-23(25(31)27-19(2)3)28(18-20-10-7-6-8-11-20)24(30)12-9-17-29(34(4,32)33)22-15-13-21(26)14-16-22/h6-8,10-11,13-16,19,23H,5,9,12,17-18H2,1-4H3,(H,27,31)/t23-/m0/s1. The normalized spacial score (nSPS) is 12.3. The van der Waals surface area contributed by atoms with Crippen molar-refractivity contribution in [1.29, 1.82) is 0 Å². The summed E-state index contributed by atoms with van der Waals surface area (Å²) in [6.07, 6.45) is 2.02. The number of carbonyl (C=O) groups excluding carboxylic acids is 2. The van der Waals surface area contributed by atoms with Crippen LogP contribution in [0.3, 0.4) is 0 Å². The maximum absolute atomic E-state index is 13.3. The third kappa shape index (κ3) is 8.33. The monoisotopic (exact) mass is 507 g/mol. The average Bonchev–Trinajstić information content (AvgIpc) is 2.76. The predicted molar refractivity (Wildman–Crippen MR) is 137 cm³/mol. The van der Waals surface area contributed by atoms with E-state index in [9.17, 15) is 18.0 Å². The van der Waals surface area contributed by atoms with E-state index in [2.05, 4.69) is 5.32 Å². The lowest BCUT2D eigenvalue weighted by atomic mass is 10.1. The number of nitrogens with one attached hydrogen (secondary N) is 1. The fourth-order valence-corrected chi connectivity index (χ4v) is 4.78. The third-order valence-corrected chi connectivity index (χ3v) is 6.73. The molecule has 34 heavy (non-hydrogen) atoms. The van der Waals surface area contributed by atoms with E-state index in [1.165, 1.54) is 4.31 Å². The molecule has 9 heteroatoms. The zero-order valence-corrected chi connectivity index (χ0v) is 21.8. The minimum Gasteiger partial charge on any atom is -0.352 e. The Morgan fingerprint density at radius 3 is 2.18 bits per heavy atom. The van der Waals surface area contributed by atoms with Crippen LogP contribution in [0.5, 0.6) is 0 Å². The number of carbonyl (C=O) groups is 2. The summed E-state index contributed by atoms with van der Waals surface area (Å²) in [7, 11) is -3.54. The molecule has 0 fully saturated rings. The van der Waals surface area contributed by atoms with Crippen molar-refractivity contribution in [3.63, 3.8) is 0 Å². The van der Waals surface area contributed by atoms with Gasteiger partial charge in [0.25, 0.3) is 0 Å². The number of nitrogens with zero attached hydrogens (tertiary/aromatic N) is 2. The van der Waals surface area contributed by atoms with Crippen molar-refractivity contribution < 1.29 is 18.0 Å². The van der Waals surface area contributed by atoms with Gasteiger partial charge in [-0.3, -0.25) is 13.9 Å². The summed E-state index contributed by atoms with van der Waals surface area (Å²) < 4.78 is 26.0. The number of sulfonamides is 1. The van der Waals surface area contributed by atoms with Crippen molar-refractivity contribution in [2.45, 2.75) is 58.7 Å². The molecule has 0 radical (unpaired) electrons. The zero-order chi connectivity index (χ0) is 25.3. The summed E-state index contributed by atoms with van der Waals surface area (Å²) in [6, 6.07) is 15.4. The van der Waals surface area contributed by atoms with Gasteiger partial charge in [-0.25, -0.2) is 8.42 Å². The molecule has 0 heterocycles. The molecule has 0 bridgehead atoms. The van der Waals surface area contributed by atoms with Gasteiger partial charge in [-0.15, -0.1) is 0 Å². The maximum atomic E-state index is 13.3. The zero-order valence-electron chi connectivity index (χ0n) is 20.2. The Morgan fingerprint density at radius 1 is 1.03 bits per heavy atom. The molecule has 2 aromatic carbocycles. The van der Waals surface area contributed by atoms with Crippen molar-refractivity contribution in [2.24, 2.45) is 0 Å². The van der Waals surface area contributed by atoms with E-state index < -0.39 is 16.1 Å². The molecule has 0 aliphatic carbocycles. The number of benzene rings is 2. The van der Waals surface area contributed by atoms with Gasteiger partial charge in [0.1, 0.15) is 6.04 Å². The second-order valence-corrected chi connectivity index (χ2v) is 10.9. The van der Waals surface area contributed by atoms with Gasteiger partial charge in [0, 0.05) is 30.6 Å². The maximum Gasteiger partial charge on any atom is 0.243 e. The Balaban J connectivity index is 2.18. The van der Waals surface area contributed by atoms with E-state index >= 15 is 0 Å². The van der Waals surface area contributed by atoms with Crippen molar-refractivity contribution in [3.8, 4) is 0 Å². The van der Waals surface area contributed by atoms with Gasteiger partial charge >= 0.3 is 0 Å². The predicted octanol–water partition coefficient (Wildman–Crippen LogP) is 4.22. The highest BCUT2D eigenvalue weighted by atomic mass is 35.5. The Labute approximate surface area is 208 Å². The van der Waals surface area contributed by atoms with Gasteiger partial charge < -0.3 is 10.2 Å².